The molecule has 0 spiro atoms. The molecule has 5 heteroatoms. The minimum atomic E-state index is -0.971. The Hall–Kier alpha value is -1.26. The van der Waals surface area contributed by atoms with Gasteiger partial charge in [0.2, 0.25) is 0 Å². The average molecular weight is 270 g/mol. The first-order valence-corrected chi connectivity index (χ1v) is 7.18. The van der Waals surface area contributed by atoms with Gasteiger partial charge in [-0.2, -0.15) is 0 Å². The first kappa shape index (κ1) is 15.8. The van der Waals surface area contributed by atoms with Gasteiger partial charge < -0.3 is 15.7 Å². The highest BCUT2D eigenvalue weighted by Gasteiger charge is 2.24. The highest BCUT2D eigenvalue weighted by atomic mass is 16.4. The van der Waals surface area contributed by atoms with Crippen molar-refractivity contribution < 1.29 is 14.7 Å². The van der Waals surface area contributed by atoms with Crippen molar-refractivity contribution >= 4 is 12.0 Å². The zero-order valence-corrected chi connectivity index (χ0v) is 12.1. The monoisotopic (exact) mass is 270 g/mol. The lowest BCUT2D eigenvalue weighted by atomic mass is 9.87. The molecule has 1 atom stereocenters. The van der Waals surface area contributed by atoms with Crippen LogP contribution in [0.15, 0.2) is 0 Å². The predicted octanol–water partition coefficient (Wildman–Crippen LogP) is 2.36. The Morgan fingerprint density at radius 3 is 2.26 bits per heavy atom. The maximum Gasteiger partial charge on any atom is 0.326 e. The van der Waals surface area contributed by atoms with Gasteiger partial charge in [-0.1, -0.05) is 20.8 Å². The summed E-state index contributed by atoms with van der Waals surface area (Å²) in [6, 6.07) is -0.972. The summed E-state index contributed by atoms with van der Waals surface area (Å²) in [6.45, 7) is 6.11. The van der Waals surface area contributed by atoms with Crippen LogP contribution in [0.4, 0.5) is 4.79 Å². The SMILES string of the molecule is CC(C)CC(NC(=O)NC1CCC(C)CC1)C(=O)O. The van der Waals surface area contributed by atoms with Crippen molar-refractivity contribution in [1.82, 2.24) is 10.6 Å². The average Bonchev–Trinajstić information content (AvgIpc) is 2.30. The molecule has 1 unspecified atom stereocenters. The lowest BCUT2D eigenvalue weighted by Crippen LogP contribution is -2.50. The zero-order chi connectivity index (χ0) is 14.4. The first-order valence-electron chi connectivity index (χ1n) is 7.18. The Balaban J connectivity index is 2.38. The van der Waals surface area contributed by atoms with Crippen molar-refractivity contribution in [2.75, 3.05) is 0 Å². The Labute approximate surface area is 115 Å². The van der Waals surface area contributed by atoms with Crippen LogP contribution < -0.4 is 10.6 Å². The smallest absolute Gasteiger partial charge is 0.326 e. The van der Waals surface area contributed by atoms with Crippen LogP contribution in [0.25, 0.3) is 0 Å². The van der Waals surface area contributed by atoms with Crippen LogP contribution in [-0.2, 0) is 4.79 Å². The van der Waals surface area contributed by atoms with E-state index in [1.807, 2.05) is 13.8 Å². The van der Waals surface area contributed by atoms with E-state index >= 15 is 0 Å². The summed E-state index contributed by atoms with van der Waals surface area (Å²) in [7, 11) is 0. The number of amides is 2. The molecular formula is C14H26N2O3. The molecule has 0 aromatic carbocycles. The quantitative estimate of drug-likeness (QED) is 0.717. The molecule has 2 amide bonds. The topological polar surface area (TPSA) is 78.4 Å². The molecule has 3 N–H and O–H groups in total. The minimum absolute atomic E-state index is 0.185. The number of rotatable bonds is 5. The third-order valence-corrected chi connectivity index (χ3v) is 3.66. The highest BCUT2D eigenvalue weighted by molar-refractivity contribution is 5.82. The normalized spacial score (nSPS) is 24.8. The Bertz CT molecular complexity index is 310. The summed E-state index contributed by atoms with van der Waals surface area (Å²) < 4.78 is 0. The van der Waals surface area contributed by atoms with Crippen LogP contribution >= 0.6 is 0 Å². The van der Waals surface area contributed by atoms with E-state index in [2.05, 4.69) is 17.6 Å². The number of aliphatic carboxylic acids is 1. The fourth-order valence-electron chi connectivity index (χ4n) is 2.48. The zero-order valence-electron chi connectivity index (χ0n) is 12.1. The van der Waals surface area contributed by atoms with Crippen molar-refractivity contribution in [3.05, 3.63) is 0 Å². The summed E-state index contributed by atoms with van der Waals surface area (Å²) in [4.78, 5) is 22.9. The molecule has 1 rings (SSSR count). The number of urea groups is 1. The molecule has 1 saturated carbocycles. The summed E-state index contributed by atoms with van der Waals surface area (Å²) in [6.07, 6.45) is 4.66. The van der Waals surface area contributed by atoms with Gasteiger partial charge >= 0.3 is 12.0 Å². The lowest BCUT2D eigenvalue weighted by Gasteiger charge is -2.27. The van der Waals surface area contributed by atoms with E-state index in [9.17, 15) is 9.59 Å². The maximum absolute atomic E-state index is 11.8. The third kappa shape index (κ3) is 5.94. The molecule has 0 radical (unpaired) electrons. The molecule has 0 heterocycles. The van der Waals surface area contributed by atoms with Gasteiger partial charge in [0, 0.05) is 6.04 Å². The molecule has 1 aliphatic rings. The summed E-state index contributed by atoms with van der Waals surface area (Å²) >= 11 is 0. The van der Waals surface area contributed by atoms with Gasteiger partial charge in [0.1, 0.15) is 6.04 Å². The van der Waals surface area contributed by atoms with Crippen LogP contribution in [0.5, 0.6) is 0 Å². The van der Waals surface area contributed by atoms with Crippen LogP contribution in [0.2, 0.25) is 0 Å². The van der Waals surface area contributed by atoms with Gasteiger partial charge in [-0.3, -0.25) is 0 Å². The van der Waals surface area contributed by atoms with E-state index in [0.29, 0.717) is 6.42 Å². The van der Waals surface area contributed by atoms with Gasteiger partial charge in [0.15, 0.2) is 0 Å². The minimum Gasteiger partial charge on any atom is -0.480 e. The Morgan fingerprint density at radius 2 is 1.79 bits per heavy atom. The number of carboxylic acids is 1. The van der Waals surface area contributed by atoms with Gasteiger partial charge in [-0.15, -0.1) is 0 Å². The van der Waals surface area contributed by atoms with Crippen molar-refractivity contribution in [3.63, 3.8) is 0 Å². The van der Waals surface area contributed by atoms with Crippen LogP contribution in [-0.4, -0.2) is 29.2 Å². The highest BCUT2D eigenvalue weighted by Crippen LogP contribution is 2.23. The summed E-state index contributed by atoms with van der Waals surface area (Å²) in [5.74, 6) is -0.00753. The molecule has 19 heavy (non-hydrogen) atoms. The van der Waals surface area contributed by atoms with Gasteiger partial charge in [-0.25, -0.2) is 9.59 Å². The number of hydrogen-bond donors (Lipinski definition) is 3. The van der Waals surface area contributed by atoms with E-state index in [1.54, 1.807) is 0 Å². The van der Waals surface area contributed by atoms with Gasteiger partial charge in [0.25, 0.3) is 0 Å². The molecule has 0 aliphatic heterocycles. The number of hydrogen-bond acceptors (Lipinski definition) is 2. The van der Waals surface area contributed by atoms with Crippen LogP contribution in [0.1, 0.15) is 52.9 Å². The number of nitrogens with one attached hydrogen (secondary N) is 2. The van der Waals surface area contributed by atoms with E-state index in [1.165, 1.54) is 0 Å². The molecule has 0 aromatic rings. The van der Waals surface area contributed by atoms with Crippen LogP contribution in [0.3, 0.4) is 0 Å². The lowest BCUT2D eigenvalue weighted by molar-refractivity contribution is -0.139. The molecule has 0 saturated heterocycles. The largest absolute Gasteiger partial charge is 0.480 e. The molecule has 0 bridgehead atoms. The molecule has 1 fully saturated rings. The van der Waals surface area contributed by atoms with E-state index < -0.39 is 12.0 Å². The Morgan fingerprint density at radius 1 is 1.21 bits per heavy atom. The second-order valence-corrected chi connectivity index (χ2v) is 6.09. The number of carbonyl (C=O) groups is 2. The second kappa shape index (κ2) is 7.36. The fourth-order valence-corrected chi connectivity index (χ4v) is 2.48. The van der Waals surface area contributed by atoms with Gasteiger partial charge in [0.05, 0.1) is 0 Å². The Kier molecular flexibility index (Phi) is 6.12. The first-order chi connectivity index (χ1) is 8.88. The van der Waals surface area contributed by atoms with Crippen LogP contribution in [0, 0.1) is 11.8 Å². The standard InChI is InChI=1S/C14H26N2O3/c1-9(2)8-12(13(17)18)16-14(19)15-11-6-4-10(3)5-7-11/h9-12H,4-8H2,1-3H3,(H,17,18)(H2,15,16,19). The van der Waals surface area contributed by atoms with Crippen molar-refractivity contribution in [1.29, 1.82) is 0 Å². The van der Waals surface area contributed by atoms with Gasteiger partial charge in [-0.05, 0) is 43.9 Å². The number of carboxylic acid groups (broad SMARTS) is 1. The van der Waals surface area contributed by atoms with E-state index in [4.69, 9.17) is 5.11 Å². The second-order valence-electron chi connectivity index (χ2n) is 6.09. The summed E-state index contributed by atoms with van der Waals surface area (Å²) in [5, 5.41) is 14.5. The van der Waals surface area contributed by atoms with E-state index in [-0.39, 0.29) is 18.0 Å². The molecular weight excluding hydrogens is 244 g/mol. The summed E-state index contributed by atoms with van der Waals surface area (Å²) in [5.41, 5.74) is 0. The number of carbonyl (C=O) groups excluding carboxylic acids is 1. The van der Waals surface area contributed by atoms with Crippen molar-refractivity contribution in [2.24, 2.45) is 11.8 Å². The molecule has 0 aromatic heterocycles. The molecule has 110 valence electrons. The van der Waals surface area contributed by atoms with Crippen molar-refractivity contribution in [2.45, 2.75) is 65.0 Å². The predicted molar refractivity (Wildman–Crippen MR) is 74.0 cm³/mol. The fraction of sp³-hybridized carbons (Fsp3) is 0.857. The maximum atomic E-state index is 11.8. The van der Waals surface area contributed by atoms with Crippen molar-refractivity contribution in [3.8, 4) is 0 Å². The molecule has 5 nitrogen and oxygen atoms in total. The molecule has 1 aliphatic carbocycles. The van der Waals surface area contributed by atoms with E-state index in [0.717, 1.165) is 31.6 Å². The third-order valence-electron chi connectivity index (χ3n) is 3.66.